The number of allylic oxidation sites excluding steroid dienone is 1. The average molecular weight is 114 g/mol. The highest BCUT2D eigenvalue weighted by Gasteiger charge is 2.17. The van der Waals surface area contributed by atoms with Crippen LogP contribution in [0.5, 0.6) is 0 Å². The third-order valence-corrected chi connectivity index (χ3v) is 1.27. The van der Waals surface area contributed by atoms with Gasteiger partial charge in [-0.3, -0.25) is 0 Å². The Morgan fingerprint density at radius 2 is 2.38 bits per heavy atom. The number of rotatable bonds is 0. The highest BCUT2D eigenvalue weighted by molar-refractivity contribution is 5.03. The van der Waals surface area contributed by atoms with Crippen LogP contribution in [0.2, 0.25) is 0 Å². The van der Waals surface area contributed by atoms with E-state index >= 15 is 0 Å². The van der Waals surface area contributed by atoms with Gasteiger partial charge in [0.25, 0.3) is 0 Å². The van der Waals surface area contributed by atoms with E-state index in [4.69, 9.17) is 9.84 Å². The first kappa shape index (κ1) is 5.48. The maximum atomic E-state index is 8.92. The number of aliphatic hydroxyl groups is 1. The molecule has 1 aliphatic rings. The van der Waals surface area contributed by atoms with E-state index in [2.05, 4.69) is 0 Å². The minimum Gasteiger partial charge on any atom is -0.509 e. The Hall–Kier alpha value is -0.660. The fraction of sp³-hybridized carbons (Fsp3) is 0.667. The van der Waals surface area contributed by atoms with Crippen molar-refractivity contribution in [1.29, 1.82) is 0 Å². The molecular formula is C6H10O2. The number of aliphatic hydroxyl groups excluding tert-OH is 1. The van der Waals surface area contributed by atoms with Crippen LogP contribution in [0.1, 0.15) is 20.3 Å². The number of hydrogen-bond donors (Lipinski definition) is 1. The predicted octanol–water partition coefficient (Wildman–Crippen LogP) is 1.58. The molecule has 0 saturated carbocycles. The molecule has 1 aliphatic heterocycles. The maximum Gasteiger partial charge on any atom is 0.133 e. The van der Waals surface area contributed by atoms with E-state index in [1.165, 1.54) is 0 Å². The van der Waals surface area contributed by atoms with E-state index in [-0.39, 0.29) is 6.10 Å². The first-order chi connectivity index (χ1) is 3.70. The summed E-state index contributed by atoms with van der Waals surface area (Å²) >= 11 is 0. The van der Waals surface area contributed by atoms with Crippen molar-refractivity contribution >= 4 is 0 Å². The summed E-state index contributed by atoms with van der Waals surface area (Å²) in [7, 11) is 0. The Morgan fingerprint density at radius 3 is 2.50 bits per heavy atom. The summed E-state index contributed by atoms with van der Waals surface area (Å²) in [5, 5.41) is 8.92. The van der Waals surface area contributed by atoms with Crippen LogP contribution in [0.3, 0.4) is 0 Å². The predicted molar refractivity (Wildman–Crippen MR) is 30.5 cm³/mol. The van der Waals surface area contributed by atoms with Crippen molar-refractivity contribution in [3.05, 3.63) is 11.5 Å². The molecule has 0 bridgehead atoms. The zero-order chi connectivity index (χ0) is 6.15. The van der Waals surface area contributed by atoms with Gasteiger partial charge in [0.05, 0.1) is 0 Å². The second-order valence-corrected chi connectivity index (χ2v) is 2.14. The Bertz CT molecular complexity index is 112. The van der Waals surface area contributed by atoms with Crippen LogP contribution in [0.15, 0.2) is 11.5 Å². The lowest BCUT2D eigenvalue weighted by atomic mass is 10.3. The van der Waals surface area contributed by atoms with E-state index < -0.39 is 0 Å². The van der Waals surface area contributed by atoms with Crippen LogP contribution in [-0.4, -0.2) is 11.2 Å². The van der Waals surface area contributed by atoms with Crippen molar-refractivity contribution in [3.8, 4) is 0 Å². The van der Waals surface area contributed by atoms with E-state index in [0.717, 1.165) is 0 Å². The van der Waals surface area contributed by atoms with Gasteiger partial charge in [-0.25, -0.2) is 0 Å². The molecule has 0 saturated heterocycles. The summed E-state index contributed by atoms with van der Waals surface area (Å²) in [4.78, 5) is 0. The van der Waals surface area contributed by atoms with Gasteiger partial charge in [0, 0.05) is 6.42 Å². The Labute approximate surface area is 48.8 Å². The zero-order valence-corrected chi connectivity index (χ0v) is 5.14. The van der Waals surface area contributed by atoms with Gasteiger partial charge in [-0.05, 0) is 13.8 Å². The molecule has 0 aromatic heterocycles. The normalized spacial score (nSPS) is 28.5. The summed E-state index contributed by atoms with van der Waals surface area (Å²) in [5.41, 5.74) is 0. The van der Waals surface area contributed by atoms with Gasteiger partial charge in [-0.2, -0.15) is 0 Å². The van der Waals surface area contributed by atoms with Crippen molar-refractivity contribution in [1.82, 2.24) is 0 Å². The number of hydrogen-bond acceptors (Lipinski definition) is 2. The topological polar surface area (TPSA) is 29.5 Å². The molecule has 0 spiro atoms. The molecule has 0 aromatic rings. The highest BCUT2D eigenvalue weighted by atomic mass is 16.5. The van der Waals surface area contributed by atoms with Crippen LogP contribution in [-0.2, 0) is 4.74 Å². The average Bonchev–Trinajstić information content (AvgIpc) is 1.85. The Morgan fingerprint density at radius 1 is 1.75 bits per heavy atom. The molecule has 0 amide bonds. The fourth-order valence-electron chi connectivity index (χ4n) is 0.827. The van der Waals surface area contributed by atoms with Crippen molar-refractivity contribution in [2.75, 3.05) is 0 Å². The molecule has 8 heavy (non-hydrogen) atoms. The summed E-state index contributed by atoms with van der Waals surface area (Å²) in [6.07, 6.45) is 0.848. The molecule has 1 heterocycles. The van der Waals surface area contributed by atoms with E-state index in [1.807, 2.05) is 6.92 Å². The van der Waals surface area contributed by atoms with Crippen molar-refractivity contribution in [2.24, 2.45) is 0 Å². The second-order valence-electron chi connectivity index (χ2n) is 2.14. The molecule has 1 N–H and O–H groups in total. The summed E-state index contributed by atoms with van der Waals surface area (Å²) in [6.45, 7) is 3.71. The zero-order valence-electron chi connectivity index (χ0n) is 5.14. The molecule has 2 nitrogen and oxygen atoms in total. The van der Waals surface area contributed by atoms with Crippen LogP contribution in [0.4, 0.5) is 0 Å². The summed E-state index contributed by atoms with van der Waals surface area (Å²) in [5.74, 6) is 1.08. The maximum absolute atomic E-state index is 8.92. The monoisotopic (exact) mass is 114 g/mol. The lowest BCUT2D eigenvalue weighted by Crippen LogP contribution is -1.96. The van der Waals surface area contributed by atoms with E-state index in [1.54, 1.807) is 6.92 Å². The third kappa shape index (κ3) is 0.782. The van der Waals surface area contributed by atoms with Crippen LogP contribution >= 0.6 is 0 Å². The molecule has 2 heteroatoms. The first-order valence-electron chi connectivity index (χ1n) is 2.75. The standard InChI is InChI=1S/C6H10O2/c1-4-3-6(7)5(2)8-4/h4,7H,3H2,1-2H3/t4-/m0/s1. The van der Waals surface area contributed by atoms with Gasteiger partial charge in [0.15, 0.2) is 0 Å². The first-order valence-corrected chi connectivity index (χ1v) is 2.75. The molecule has 46 valence electrons. The van der Waals surface area contributed by atoms with Crippen molar-refractivity contribution < 1.29 is 9.84 Å². The lowest BCUT2D eigenvalue weighted by molar-refractivity contribution is 0.161. The molecule has 0 radical (unpaired) electrons. The summed E-state index contributed by atoms with van der Waals surface area (Å²) in [6, 6.07) is 0. The quantitative estimate of drug-likeness (QED) is 0.518. The molecule has 0 aromatic carbocycles. The van der Waals surface area contributed by atoms with Gasteiger partial charge in [-0.1, -0.05) is 0 Å². The molecule has 0 aliphatic carbocycles. The van der Waals surface area contributed by atoms with Crippen molar-refractivity contribution in [3.63, 3.8) is 0 Å². The molecule has 1 atom stereocenters. The van der Waals surface area contributed by atoms with E-state index in [9.17, 15) is 0 Å². The molecule has 0 unspecified atom stereocenters. The van der Waals surface area contributed by atoms with Gasteiger partial charge in [0.1, 0.15) is 17.6 Å². The molecule has 0 fully saturated rings. The Kier molecular flexibility index (Phi) is 1.16. The van der Waals surface area contributed by atoms with Crippen LogP contribution in [0, 0.1) is 0 Å². The van der Waals surface area contributed by atoms with Gasteiger partial charge in [0.2, 0.25) is 0 Å². The third-order valence-electron chi connectivity index (χ3n) is 1.27. The van der Waals surface area contributed by atoms with Gasteiger partial charge in [-0.15, -0.1) is 0 Å². The number of ether oxygens (including phenoxy) is 1. The van der Waals surface area contributed by atoms with Crippen LogP contribution < -0.4 is 0 Å². The SMILES string of the molecule is CC1=C(O)C[C@H](C)O1. The Balaban J connectivity index is 2.60. The minimum absolute atomic E-state index is 0.176. The smallest absolute Gasteiger partial charge is 0.133 e. The minimum atomic E-state index is 0.176. The fourth-order valence-corrected chi connectivity index (χ4v) is 0.827. The van der Waals surface area contributed by atoms with E-state index in [0.29, 0.717) is 17.9 Å². The van der Waals surface area contributed by atoms with Gasteiger partial charge < -0.3 is 9.84 Å². The van der Waals surface area contributed by atoms with Crippen LogP contribution in [0.25, 0.3) is 0 Å². The second kappa shape index (κ2) is 1.69. The van der Waals surface area contributed by atoms with Crippen molar-refractivity contribution in [2.45, 2.75) is 26.4 Å². The molecule has 1 rings (SSSR count). The lowest BCUT2D eigenvalue weighted by Gasteiger charge is -2.00. The molecular weight excluding hydrogens is 104 g/mol. The van der Waals surface area contributed by atoms with Gasteiger partial charge >= 0.3 is 0 Å². The largest absolute Gasteiger partial charge is 0.509 e. The summed E-state index contributed by atoms with van der Waals surface area (Å²) < 4.78 is 5.10. The highest BCUT2D eigenvalue weighted by Crippen LogP contribution is 2.21.